The van der Waals surface area contributed by atoms with Crippen LogP contribution in [-0.2, 0) is 9.47 Å². The molecule has 1 aromatic carbocycles. The third-order valence-electron chi connectivity index (χ3n) is 2.91. The Labute approximate surface area is 124 Å². The zero-order valence-corrected chi connectivity index (χ0v) is 12.7. The van der Waals surface area contributed by atoms with Crippen LogP contribution in [0.3, 0.4) is 0 Å². The van der Waals surface area contributed by atoms with E-state index in [2.05, 4.69) is 0 Å². The zero-order valence-electron chi connectivity index (χ0n) is 11.9. The second kappa shape index (κ2) is 8.79. The van der Waals surface area contributed by atoms with Crippen LogP contribution >= 0.6 is 11.6 Å². The van der Waals surface area contributed by atoms with Crippen LogP contribution in [0.5, 0.6) is 0 Å². The van der Waals surface area contributed by atoms with Crippen LogP contribution in [0.4, 0.5) is 5.69 Å². The summed E-state index contributed by atoms with van der Waals surface area (Å²) in [6.45, 7) is 2.16. The molecule has 0 spiro atoms. The summed E-state index contributed by atoms with van der Waals surface area (Å²) in [4.78, 5) is 14.2. The Hall–Kier alpha value is -1.30. The number of halogens is 1. The van der Waals surface area contributed by atoms with Gasteiger partial charge in [0.1, 0.15) is 0 Å². The van der Waals surface area contributed by atoms with Gasteiger partial charge in [-0.1, -0.05) is 17.7 Å². The molecule has 0 aromatic heterocycles. The fourth-order valence-electron chi connectivity index (χ4n) is 1.81. The minimum absolute atomic E-state index is 0.141. The molecule has 20 heavy (non-hydrogen) atoms. The van der Waals surface area contributed by atoms with Crippen molar-refractivity contribution in [1.82, 2.24) is 4.90 Å². The summed E-state index contributed by atoms with van der Waals surface area (Å²) < 4.78 is 10.0. The van der Waals surface area contributed by atoms with Gasteiger partial charge in [0.15, 0.2) is 0 Å². The Morgan fingerprint density at radius 3 is 2.60 bits per heavy atom. The molecule has 0 saturated carbocycles. The number of hydrogen-bond donors (Lipinski definition) is 1. The quantitative estimate of drug-likeness (QED) is 0.589. The maximum Gasteiger partial charge on any atom is 0.256 e. The molecular formula is C14H21ClN2O3. The van der Waals surface area contributed by atoms with Crippen LogP contribution in [0.25, 0.3) is 0 Å². The Morgan fingerprint density at radius 1 is 1.25 bits per heavy atom. The highest BCUT2D eigenvalue weighted by atomic mass is 35.5. The number of nitrogens with zero attached hydrogens (tertiary/aromatic N) is 1. The van der Waals surface area contributed by atoms with Crippen LogP contribution in [0.15, 0.2) is 18.2 Å². The third-order valence-corrected chi connectivity index (χ3v) is 3.24. The third kappa shape index (κ3) is 4.67. The maximum absolute atomic E-state index is 12.5. The molecule has 0 radical (unpaired) electrons. The van der Waals surface area contributed by atoms with Gasteiger partial charge in [0.25, 0.3) is 5.91 Å². The standard InChI is InChI=1S/C14H21ClN2O3/c1-19-9-4-7-17(8-10-20-2)14(18)11-5-3-6-12(15)13(11)16/h3,5-6H,4,7-10,16H2,1-2H3. The number of amides is 1. The van der Waals surface area contributed by atoms with Gasteiger partial charge in [-0.2, -0.15) is 0 Å². The van der Waals surface area contributed by atoms with Gasteiger partial charge in [-0.05, 0) is 18.6 Å². The molecule has 2 N–H and O–H groups in total. The van der Waals surface area contributed by atoms with E-state index in [1.54, 1.807) is 37.3 Å². The van der Waals surface area contributed by atoms with Gasteiger partial charge < -0.3 is 20.1 Å². The molecule has 0 aliphatic heterocycles. The highest BCUT2D eigenvalue weighted by Gasteiger charge is 2.18. The van der Waals surface area contributed by atoms with Crippen LogP contribution in [0.1, 0.15) is 16.8 Å². The number of nitrogens with two attached hydrogens (primary N) is 1. The van der Waals surface area contributed by atoms with Crippen molar-refractivity contribution in [3.05, 3.63) is 28.8 Å². The molecule has 0 atom stereocenters. The molecule has 0 aliphatic rings. The van der Waals surface area contributed by atoms with E-state index in [0.29, 0.717) is 42.6 Å². The number of carbonyl (C=O) groups is 1. The molecule has 0 unspecified atom stereocenters. The largest absolute Gasteiger partial charge is 0.397 e. The first kappa shape index (κ1) is 16.8. The maximum atomic E-state index is 12.5. The van der Waals surface area contributed by atoms with Crippen LogP contribution in [0, 0.1) is 0 Å². The van der Waals surface area contributed by atoms with Crippen LogP contribution in [-0.4, -0.2) is 51.3 Å². The molecule has 0 saturated heterocycles. The van der Waals surface area contributed by atoms with E-state index in [9.17, 15) is 4.79 Å². The minimum Gasteiger partial charge on any atom is -0.397 e. The highest BCUT2D eigenvalue weighted by molar-refractivity contribution is 6.33. The fourth-order valence-corrected chi connectivity index (χ4v) is 1.98. The average Bonchev–Trinajstić information content (AvgIpc) is 2.45. The molecule has 1 rings (SSSR count). The number of carbonyl (C=O) groups excluding carboxylic acids is 1. The van der Waals surface area contributed by atoms with Gasteiger partial charge in [0.05, 0.1) is 22.9 Å². The summed E-state index contributed by atoms with van der Waals surface area (Å²) in [5.41, 5.74) is 6.60. The number of anilines is 1. The topological polar surface area (TPSA) is 64.8 Å². The van der Waals surface area contributed by atoms with Gasteiger partial charge in [-0.15, -0.1) is 0 Å². The SMILES string of the molecule is COCCCN(CCOC)C(=O)c1cccc(Cl)c1N. The smallest absolute Gasteiger partial charge is 0.256 e. The van der Waals surface area contributed by atoms with Gasteiger partial charge in [-0.3, -0.25) is 4.79 Å². The molecule has 1 aromatic rings. The van der Waals surface area contributed by atoms with E-state index >= 15 is 0 Å². The van der Waals surface area contributed by atoms with E-state index in [1.165, 1.54) is 0 Å². The Kier molecular flexibility index (Phi) is 7.36. The van der Waals surface area contributed by atoms with Crippen molar-refractivity contribution < 1.29 is 14.3 Å². The van der Waals surface area contributed by atoms with E-state index in [1.807, 2.05) is 0 Å². The molecule has 5 nitrogen and oxygen atoms in total. The monoisotopic (exact) mass is 300 g/mol. The second-order valence-electron chi connectivity index (χ2n) is 4.33. The molecule has 112 valence electrons. The molecule has 0 heterocycles. The lowest BCUT2D eigenvalue weighted by Crippen LogP contribution is -2.35. The normalized spacial score (nSPS) is 10.6. The molecule has 1 amide bonds. The van der Waals surface area contributed by atoms with E-state index in [0.717, 1.165) is 6.42 Å². The number of ether oxygens (including phenoxy) is 2. The number of methoxy groups -OCH3 is 2. The second-order valence-corrected chi connectivity index (χ2v) is 4.74. The Morgan fingerprint density at radius 2 is 1.95 bits per heavy atom. The minimum atomic E-state index is -0.141. The van der Waals surface area contributed by atoms with Crippen molar-refractivity contribution in [2.45, 2.75) is 6.42 Å². The number of nitrogen functional groups attached to an aromatic ring is 1. The highest BCUT2D eigenvalue weighted by Crippen LogP contribution is 2.23. The lowest BCUT2D eigenvalue weighted by Gasteiger charge is -2.23. The summed E-state index contributed by atoms with van der Waals surface area (Å²) in [5.74, 6) is -0.141. The fraction of sp³-hybridized carbons (Fsp3) is 0.500. The summed E-state index contributed by atoms with van der Waals surface area (Å²) >= 11 is 5.95. The Balaban J connectivity index is 2.82. The van der Waals surface area contributed by atoms with Crippen molar-refractivity contribution >= 4 is 23.2 Å². The molecular weight excluding hydrogens is 280 g/mol. The van der Waals surface area contributed by atoms with Crippen molar-refractivity contribution in [1.29, 1.82) is 0 Å². The number of hydrogen-bond acceptors (Lipinski definition) is 4. The summed E-state index contributed by atoms with van der Waals surface area (Å²) in [5, 5.41) is 0.388. The summed E-state index contributed by atoms with van der Waals surface area (Å²) in [6.07, 6.45) is 0.756. The predicted octanol–water partition coefficient (Wildman–Crippen LogP) is 2.05. The first-order valence-electron chi connectivity index (χ1n) is 6.43. The molecule has 6 heteroatoms. The van der Waals surface area contributed by atoms with Gasteiger partial charge >= 0.3 is 0 Å². The lowest BCUT2D eigenvalue weighted by atomic mass is 10.1. The van der Waals surface area contributed by atoms with Gasteiger partial charge in [0.2, 0.25) is 0 Å². The average molecular weight is 301 g/mol. The van der Waals surface area contributed by atoms with Crippen LogP contribution in [0.2, 0.25) is 5.02 Å². The van der Waals surface area contributed by atoms with Crippen molar-refractivity contribution in [2.24, 2.45) is 0 Å². The first-order chi connectivity index (χ1) is 9.61. The van der Waals surface area contributed by atoms with E-state index in [4.69, 9.17) is 26.8 Å². The molecule has 0 bridgehead atoms. The molecule has 0 aliphatic carbocycles. The predicted molar refractivity (Wildman–Crippen MR) is 80.1 cm³/mol. The summed E-state index contributed by atoms with van der Waals surface area (Å²) in [6, 6.07) is 5.06. The van der Waals surface area contributed by atoms with Gasteiger partial charge in [0, 0.05) is 33.9 Å². The zero-order chi connectivity index (χ0) is 15.0. The van der Waals surface area contributed by atoms with E-state index in [-0.39, 0.29) is 5.91 Å². The number of benzene rings is 1. The van der Waals surface area contributed by atoms with Crippen molar-refractivity contribution in [3.8, 4) is 0 Å². The number of rotatable bonds is 8. The van der Waals surface area contributed by atoms with E-state index < -0.39 is 0 Å². The first-order valence-corrected chi connectivity index (χ1v) is 6.80. The van der Waals surface area contributed by atoms with Crippen molar-refractivity contribution in [2.75, 3.05) is 46.3 Å². The molecule has 0 fully saturated rings. The lowest BCUT2D eigenvalue weighted by molar-refractivity contribution is 0.0675. The number of para-hydroxylation sites is 1. The van der Waals surface area contributed by atoms with Crippen molar-refractivity contribution in [3.63, 3.8) is 0 Å². The summed E-state index contributed by atoms with van der Waals surface area (Å²) in [7, 11) is 3.24. The van der Waals surface area contributed by atoms with Crippen LogP contribution < -0.4 is 5.73 Å². The Bertz CT molecular complexity index is 440. The van der Waals surface area contributed by atoms with Gasteiger partial charge in [-0.25, -0.2) is 0 Å².